The molecule has 0 bridgehead atoms. The average Bonchev–Trinajstić information content (AvgIpc) is 3.25. The molecule has 1 N–H and O–H groups in total. The lowest BCUT2D eigenvalue weighted by atomic mass is 10.1. The van der Waals surface area contributed by atoms with E-state index in [1.54, 1.807) is 0 Å². The van der Waals surface area contributed by atoms with Crippen molar-refractivity contribution in [1.82, 2.24) is 4.98 Å². The van der Waals surface area contributed by atoms with Crippen LogP contribution in [0.3, 0.4) is 0 Å². The number of hydrogen-bond acceptors (Lipinski definition) is 5. The highest BCUT2D eigenvalue weighted by Gasteiger charge is 2.51. The summed E-state index contributed by atoms with van der Waals surface area (Å²) in [6, 6.07) is 5.82. The molecule has 120 valence electrons. The molecular formula is C16H16ClN3O2S. The Bertz CT molecular complexity index is 944. The van der Waals surface area contributed by atoms with Gasteiger partial charge in [-0.1, -0.05) is 11.6 Å². The van der Waals surface area contributed by atoms with Gasteiger partial charge in [0.15, 0.2) is 9.84 Å². The van der Waals surface area contributed by atoms with E-state index >= 15 is 0 Å². The standard InChI is InChI=1S/C16H16ClN3O2S/c1-10-5-12-14(20-9-16(3-4-16)23(2,21)22)11(7-18)8-19-15(12)13(17)6-10/h5-6,8H,3-4,9H2,1-2H3,(H,19,20). The quantitative estimate of drug-likeness (QED) is 0.917. The normalized spacial score (nSPS) is 16.1. The highest BCUT2D eigenvalue weighted by molar-refractivity contribution is 7.92. The lowest BCUT2D eigenvalue weighted by Gasteiger charge is -2.17. The van der Waals surface area contributed by atoms with Gasteiger partial charge in [0.05, 0.1) is 26.5 Å². The molecule has 1 fully saturated rings. The summed E-state index contributed by atoms with van der Waals surface area (Å²) in [5.41, 5.74) is 2.52. The summed E-state index contributed by atoms with van der Waals surface area (Å²) in [6.45, 7) is 2.19. The van der Waals surface area contributed by atoms with Crippen molar-refractivity contribution in [3.63, 3.8) is 0 Å². The van der Waals surface area contributed by atoms with Crippen LogP contribution in [0.15, 0.2) is 18.3 Å². The molecule has 0 aliphatic heterocycles. The maximum atomic E-state index is 11.9. The van der Waals surface area contributed by atoms with Gasteiger partial charge in [-0.2, -0.15) is 5.26 Å². The zero-order valence-corrected chi connectivity index (χ0v) is 14.4. The van der Waals surface area contributed by atoms with Crippen LogP contribution in [0.2, 0.25) is 5.02 Å². The van der Waals surface area contributed by atoms with E-state index in [0.29, 0.717) is 34.6 Å². The molecule has 1 saturated carbocycles. The number of rotatable bonds is 4. The SMILES string of the molecule is Cc1cc(Cl)c2ncc(C#N)c(NCC3(S(C)(=O)=O)CC3)c2c1. The summed E-state index contributed by atoms with van der Waals surface area (Å²) in [5, 5.41) is 13.8. The van der Waals surface area contributed by atoms with E-state index in [1.807, 2.05) is 19.1 Å². The van der Waals surface area contributed by atoms with Crippen molar-refractivity contribution in [2.45, 2.75) is 24.5 Å². The van der Waals surface area contributed by atoms with Crippen LogP contribution < -0.4 is 5.32 Å². The Morgan fingerprint density at radius 3 is 2.70 bits per heavy atom. The largest absolute Gasteiger partial charge is 0.382 e. The maximum absolute atomic E-state index is 11.9. The molecule has 1 aromatic heterocycles. The van der Waals surface area contributed by atoms with Crippen LogP contribution >= 0.6 is 11.6 Å². The minimum atomic E-state index is -3.14. The fourth-order valence-corrected chi connectivity index (χ4v) is 4.24. The number of nitrogens with zero attached hydrogens (tertiary/aromatic N) is 2. The van der Waals surface area contributed by atoms with Crippen molar-refractivity contribution in [2.24, 2.45) is 0 Å². The molecule has 3 rings (SSSR count). The number of nitrogens with one attached hydrogen (secondary N) is 1. The van der Waals surface area contributed by atoms with E-state index in [1.165, 1.54) is 12.5 Å². The summed E-state index contributed by atoms with van der Waals surface area (Å²) < 4.78 is 23.1. The van der Waals surface area contributed by atoms with Gasteiger partial charge in [-0.25, -0.2) is 8.42 Å². The van der Waals surface area contributed by atoms with Crippen molar-refractivity contribution >= 4 is 38.0 Å². The van der Waals surface area contributed by atoms with Gasteiger partial charge < -0.3 is 5.32 Å². The Labute approximate surface area is 140 Å². The van der Waals surface area contributed by atoms with Crippen LogP contribution in [-0.4, -0.2) is 30.9 Å². The van der Waals surface area contributed by atoms with E-state index < -0.39 is 14.6 Å². The summed E-state index contributed by atoms with van der Waals surface area (Å²) in [7, 11) is -3.14. The fraction of sp³-hybridized carbons (Fsp3) is 0.375. The van der Waals surface area contributed by atoms with Crippen LogP contribution in [0.1, 0.15) is 24.0 Å². The highest BCUT2D eigenvalue weighted by Crippen LogP contribution is 2.43. The van der Waals surface area contributed by atoms with E-state index in [9.17, 15) is 13.7 Å². The number of halogens is 1. The molecule has 0 radical (unpaired) electrons. The Morgan fingerprint density at radius 1 is 1.43 bits per heavy atom. The molecule has 1 aliphatic carbocycles. The Balaban J connectivity index is 2.08. The third-order valence-corrected chi connectivity index (χ3v) is 6.79. The van der Waals surface area contributed by atoms with Gasteiger partial charge in [0.2, 0.25) is 0 Å². The number of aryl methyl sites for hydroxylation is 1. The summed E-state index contributed by atoms with van der Waals surface area (Å²) >= 11 is 6.24. The van der Waals surface area contributed by atoms with Gasteiger partial charge in [-0.3, -0.25) is 4.98 Å². The van der Waals surface area contributed by atoms with Crippen molar-refractivity contribution in [3.05, 3.63) is 34.5 Å². The zero-order valence-electron chi connectivity index (χ0n) is 12.9. The monoisotopic (exact) mass is 349 g/mol. The second kappa shape index (κ2) is 5.36. The second-order valence-electron chi connectivity index (χ2n) is 6.11. The molecule has 23 heavy (non-hydrogen) atoms. The molecule has 7 heteroatoms. The number of pyridine rings is 1. The number of sulfone groups is 1. The predicted molar refractivity (Wildman–Crippen MR) is 91.5 cm³/mol. The lowest BCUT2D eigenvalue weighted by Crippen LogP contribution is -2.30. The highest BCUT2D eigenvalue weighted by atomic mass is 35.5. The molecule has 0 atom stereocenters. The molecule has 0 unspecified atom stereocenters. The van der Waals surface area contributed by atoms with E-state index in [0.717, 1.165) is 10.9 Å². The number of benzene rings is 1. The number of anilines is 1. The van der Waals surface area contributed by atoms with Gasteiger partial charge in [0.25, 0.3) is 0 Å². The molecule has 0 spiro atoms. The number of aromatic nitrogens is 1. The summed E-state index contributed by atoms with van der Waals surface area (Å²) in [5.74, 6) is 0. The smallest absolute Gasteiger partial charge is 0.154 e. The molecular weight excluding hydrogens is 334 g/mol. The first-order chi connectivity index (χ1) is 10.8. The van der Waals surface area contributed by atoms with Gasteiger partial charge in [0.1, 0.15) is 6.07 Å². The van der Waals surface area contributed by atoms with Gasteiger partial charge in [-0.15, -0.1) is 0 Å². The number of nitriles is 1. The van der Waals surface area contributed by atoms with Crippen molar-refractivity contribution in [1.29, 1.82) is 5.26 Å². The molecule has 1 heterocycles. The molecule has 0 saturated heterocycles. The first kappa shape index (κ1) is 16.0. The van der Waals surface area contributed by atoms with E-state index in [-0.39, 0.29) is 6.54 Å². The van der Waals surface area contributed by atoms with E-state index in [4.69, 9.17) is 11.6 Å². The minimum absolute atomic E-state index is 0.283. The summed E-state index contributed by atoms with van der Waals surface area (Å²) in [4.78, 5) is 4.25. The first-order valence-electron chi connectivity index (χ1n) is 7.20. The number of fused-ring (bicyclic) bond motifs is 1. The zero-order chi connectivity index (χ0) is 16.8. The van der Waals surface area contributed by atoms with Gasteiger partial charge in [0, 0.05) is 24.4 Å². The van der Waals surface area contributed by atoms with Gasteiger partial charge >= 0.3 is 0 Å². The van der Waals surface area contributed by atoms with Crippen LogP contribution in [0, 0.1) is 18.3 Å². The molecule has 1 aromatic carbocycles. The molecule has 5 nitrogen and oxygen atoms in total. The Hall–Kier alpha value is -1.84. The molecule has 1 aliphatic rings. The number of hydrogen-bond donors (Lipinski definition) is 1. The van der Waals surface area contributed by atoms with E-state index in [2.05, 4.69) is 16.4 Å². The average molecular weight is 350 g/mol. The van der Waals surface area contributed by atoms with Crippen molar-refractivity contribution in [2.75, 3.05) is 18.1 Å². The fourth-order valence-electron chi connectivity index (χ4n) is 2.74. The summed E-state index contributed by atoms with van der Waals surface area (Å²) in [6.07, 6.45) is 4.01. The third kappa shape index (κ3) is 2.75. The van der Waals surface area contributed by atoms with Crippen molar-refractivity contribution < 1.29 is 8.42 Å². The topological polar surface area (TPSA) is 82.8 Å². The van der Waals surface area contributed by atoms with Crippen LogP contribution in [0.25, 0.3) is 10.9 Å². The van der Waals surface area contributed by atoms with Crippen LogP contribution in [0.4, 0.5) is 5.69 Å². The Kier molecular flexibility index (Phi) is 3.74. The predicted octanol–water partition coefficient (Wildman–Crippen LogP) is 3.06. The lowest BCUT2D eigenvalue weighted by molar-refractivity contribution is 0.585. The maximum Gasteiger partial charge on any atom is 0.154 e. The second-order valence-corrected chi connectivity index (χ2v) is 8.93. The van der Waals surface area contributed by atoms with Crippen LogP contribution in [0.5, 0.6) is 0 Å². The molecule has 2 aromatic rings. The minimum Gasteiger partial charge on any atom is -0.382 e. The third-order valence-electron chi connectivity index (χ3n) is 4.37. The van der Waals surface area contributed by atoms with Crippen molar-refractivity contribution in [3.8, 4) is 6.07 Å². The first-order valence-corrected chi connectivity index (χ1v) is 9.47. The van der Waals surface area contributed by atoms with Crippen LogP contribution in [-0.2, 0) is 9.84 Å². The van der Waals surface area contributed by atoms with Gasteiger partial charge in [-0.05, 0) is 37.5 Å². The Morgan fingerprint density at radius 2 is 2.13 bits per heavy atom. The molecule has 0 amide bonds.